The summed E-state index contributed by atoms with van der Waals surface area (Å²) in [6, 6.07) is 6.05. The molecule has 0 bridgehead atoms. The van der Waals surface area contributed by atoms with Crippen molar-refractivity contribution < 1.29 is 13.2 Å². The topological polar surface area (TPSA) is 69.7 Å². The van der Waals surface area contributed by atoms with E-state index in [1.807, 2.05) is 12.1 Å². The van der Waals surface area contributed by atoms with Crippen LogP contribution in [0.5, 0.6) is 0 Å². The average molecular weight is 448 g/mol. The van der Waals surface area contributed by atoms with E-state index < -0.39 is 10.0 Å². The van der Waals surface area contributed by atoms with Gasteiger partial charge in [0.2, 0.25) is 15.9 Å². The van der Waals surface area contributed by atoms with E-state index in [0.29, 0.717) is 43.4 Å². The Kier molecular flexibility index (Phi) is 7.34. The molecular weight excluding hydrogens is 410 g/mol. The Labute approximate surface area is 187 Å². The zero-order valence-electron chi connectivity index (χ0n) is 18.8. The summed E-state index contributed by atoms with van der Waals surface area (Å²) < 4.78 is 27.9. The second kappa shape index (κ2) is 10.0. The summed E-state index contributed by atoms with van der Waals surface area (Å²) in [5.41, 5.74) is 2.48. The number of nitrogens with one attached hydrogen (secondary N) is 1. The molecule has 3 aliphatic rings. The van der Waals surface area contributed by atoms with E-state index in [1.165, 1.54) is 30.4 Å². The minimum absolute atomic E-state index is 0.0866. The van der Waals surface area contributed by atoms with Gasteiger partial charge in [0, 0.05) is 31.6 Å². The molecule has 1 amide bonds. The first-order valence-corrected chi connectivity index (χ1v) is 13.6. The molecule has 1 aromatic carbocycles. The summed E-state index contributed by atoms with van der Waals surface area (Å²) in [4.78, 5) is 15.6. The summed E-state index contributed by atoms with van der Waals surface area (Å²) in [6.45, 7) is 5.98. The van der Waals surface area contributed by atoms with E-state index in [-0.39, 0.29) is 11.8 Å². The molecule has 1 aromatic rings. The van der Waals surface area contributed by atoms with Crippen LogP contribution in [-0.4, -0.2) is 62.3 Å². The predicted molar refractivity (Wildman–Crippen MR) is 122 cm³/mol. The first kappa shape index (κ1) is 22.7. The van der Waals surface area contributed by atoms with Crippen LogP contribution >= 0.6 is 0 Å². The standard InChI is InChI=1S/C24H37N3O3S/c1-2-22(26-13-5-6-14-26)18-25-24(28)20-11-15-27(16-12-20)31(29,30)23-10-9-19-7-3-4-8-21(19)17-23/h9-10,17,20,22H,2-8,11-16,18H2,1H3,(H,25,28). The summed E-state index contributed by atoms with van der Waals surface area (Å²) in [7, 11) is -3.49. The van der Waals surface area contributed by atoms with Crippen LogP contribution in [0, 0.1) is 5.92 Å². The van der Waals surface area contributed by atoms with Crippen molar-refractivity contribution in [2.24, 2.45) is 5.92 Å². The van der Waals surface area contributed by atoms with Gasteiger partial charge in [-0.2, -0.15) is 4.31 Å². The van der Waals surface area contributed by atoms with Gasteiger partial charge in [0.25, 0.3) is 0 Å². The number of hydrogen-bond donors (Lipinski definition) is 1. The molecule has 2 saturated heterocycles. The molecule has 2 fully saturated rings. The van der Waals surface area contributed by atoms with Gasteiger partial charge in [-0.3, -0.25) is 9.69 Å². The molecule has 2 heterocycles. The predicted octanol–water partition coefficient (Wildman–Crippen LogP) is 2.96. The molecule has 7 heteroatoms. The number of fused-ring (bicyclic) bond motifs is 1. The number of carbonyl (C=O) groups is 1. The maximum absolute atomic E-state index is 13.2. The normalized spacial score (nSPS) is 22.2. The second-order valence-electron chi connectivity index (χ2n) is 9.37. The molecule has 1 atom stereocenters. The van der Waals surface area contributed by atoms with E-state index >= 15 is 0 Å². The van der Waals surface area contributed by atoms with Crippen LogP contribution in [0.2, 0.25) is 0 Å². The number of hydrogen-bond acceptors (Lipinski definition) is 4. The lowest BCUT2D eigenvalue weighted by molar-refractivity contribution is -0.126. The second-order valence-corrected chi connectivity index (χ2v) is 11.3. The number of nitrogens with zero attached hydrogens (tertiary/aromatic N) is 2. The largest absolute Gasteiger partial charge is 0.354 e. The lowest BCUT2D eigenvalue weighted by Gasteiger charge is -2.32. The maximum Gasteiger partial charge on any atom is 0.243 e. The van der Waals surface area contributed by atoms with Crippen molar-refractivity contribution in [2.45, 2.75) is 75.6 Å². The van der Waals surface area contributed by atoms with Crippen LogP contribution in [0.15, 0.2) is 23.1 Å². The molecule has 172 valence electrons. The number of benzene rings is 1. The molecule has 4 rings (SSSR count). The zero-order chi connectivity index (χ0) is 21.8. The molecule has 6 nitrogen and oxygen atoms in total. The van der Waals surface area contributed by atoms with Gasteiger partial charge < -0.3 is 5.32 Å². The Balaban J connectivity index is 1.31. The highest BCUT2D eigenvalue weighted by atomic mass is 32.2. The smallest absolute Gasteiger partial charge is 0.243 e. The van der Waals surface area contributed by atoms with Gasteiger partial charge in [0.05, 0.1) is 4.90 Å². The summed E-state index contributed by atoms with van der Waals surface area (Å²) in [5.74, 6) is -0.00505. The van der Waals surface area contributed by atoms with E-state index in [1.54, 1.807) is 10.4 Å². The molecule has 1 unspecified atom stereocenters. The fraction of sp³-hybridized carbons (Fsp3) is 0.708. The van der Waals surface area contributed by atoms with Gasteiger partial charge in [-0.15, -0.1) is 0 Å². The Hall–Kier alpha value is -1.44. The number of aryl methyl sites for hydroxylation is 2. The third kappa shape index (κ3) is 5.15. The average Bonchev–Trinajstić information content (AvgIpc) is 3.34. The number of amides is 1. The quantitative estimate of drug-likeness (QED) is 0.698. The molecule has 1 N–H and O–H groups in total. The highest BCUT2D eigenvalue weighted by Crippen LogP contribution is 2.28. The lowest BCUT2D eigenvalue weighted by atomic mass is 9.92. The van der Waals surface area contributed by atoms with Crippen molar-refractivity contribution in [1.29, 1.82) is 0 Å². The fourth-order valence-corrected chi connectivity index (χ4v) is 6.90. The van der Waals surface area contributed by atoms with E-state index in [9.17, 15) is 13.2 Å². The highest BCUT2D eigenvalue weighted by molar-refractivity contribution is 7.89. The van der Waals surface area contributed by atoms with Crippen LogP contribution in [-0.2, 0) is 27.7 Å². The van der Waals surface area contributed by atoms with Gasteiger partial charge >= 0.3 is 0 Å². The Morgan fingerprint density at radius 1 is 1.03 bits per heavy atom. The SMILES string of the molecule is CCC(CNC(=O)C1CCN(S(=O)(=O)c2ccc3c(c2)CCCC3)CC1)N1CCCC1. The lowest BCUT2D eigenvalue weighted by Crippen LogP contribution is -2.46. The van der Waals surface area contributed by atoms with Gasteiger partial charge in [-0.1, -0.05) is 13.0 Å². The van der Waals surface area contributed by atoms with Gasteiger partial charge in [0.15, 0.2) is 0 Å². The third-order valence-electron chi connectivity index (χ3n) is 7.42. The monoisotopic (exact) mass is 447 g/mol. The van der Waals surface area contributed by atoms with Crippen molar-refractivity contribution in [3.05, 3.63) is 29.3 Å². The molecule has 0 saturated carbocycles. The fourth-order valence-electron chi connectivity index (χ4n) is 5.38. The molecule has 1 aliphatic carbocycles. The van der Waals surface area contributed by atoms with Crippen LogP contribution in [0.25, 0.3) is 0 Å². The number of sulfonamides is 1. The van der Waals surface area contributed by atoms with Gasteiger partial charge in [0.1, 0.15) is 0 Å². The molecule has 0 aromatic heterocycles. The van der Waals surface area contributed by atoms with Crippen molar-refractivity contribution in [3.63, 3.8) is 0 Å². The van der Waals surface area contributed by atoms with Gasteiger partial charge in [-0.05, 0) is 94.1 Å². The molecule has 0 radical (unpaired) electrons. The highest BCUT2D eigenvalue weighted by Gasteiger charge is 2.33. The summed E-state index contributed by atoms with van der Waals surface area (Å²) >= 11 is 0. The zero-order valence-corrected chi connectivity index (χ0v) is 19.6. The van der Waals surface area contributed by atoms with E-state index in [2.05, 4.69) is 17.1 Å². The minimum atomic E-state index is -3.49. The van der Waals surface area contributed by atoms with Crippen LogP contribution in [0.3, 0.4) is 0 Å². The van der Waals surface area contributed by atoms with E-state index in [4.69, 9.17) is 0 Å². The molecule has 31 heavy (non-hydrogen) atoms. The minimum Gasteiger partial charge on any atom is -0.354 e. The van der Waals surface area contributed by atoms with Crippen molar-refractivity contribution in [3.8, 4) is 0 Å². The van der Waals surface area contributed by atoms with Crippen LogP contribution in [0.1, 0.15) is 63.0 Å². The van der Waals surface area contributed by atoms with Crippen molar-refractivity contribution in [1.82, 2.24) is 14.5 Å². The first-order valence-electron chi connectivity index (χ1n) is 12.1. The first-order chi connectivity index (χ1) is 15.0. The van der Waals surface area contributed by atoms with Gasteiger partial charge in [-0.25, -0.2) is 8.42 Å². The van der Waals surface area contributed by atoms with E-state index in [0.717, 1.165) is 38.8 Å². The van der Waals surface area contributed by atoms with Crippen molar-refractivity contribution in [2.75, 3.05) is 32.7 Å². The molecule has 0 spiro atoms. The molecular formula is C24H37N3O3S. The number of piperidine rings is 1. The molecule has 2 aliphatic heterocycles. The number of likely N-dealkylation sites (tertiary alicyclic amines) is 1. The Bertz CT molecular complexity index is 872. The maximum atomic E-state index is 13.2. The summed E-state index contributed by atoms with van der Waals surface area (Å²) in [5, 5.41) is 3.15. The summed E-state index contributed by atoms with van der Waals surface area (Å²) in [6.07, 6.45) is 9.07. The van der Waals surface area contributed by atoms with Crippen molar-refractivity contribution >= 4 is 15.9 Å². The number of rotatable bonds is 7. The van der Waals surface area contributed by atoms with Crippen LogP contribution < -0.4 is 5.32 Å². The number of carbonyl (C=O) groups excluding carboxylic acids is 1. The Morgan fingerprint density at radius 2 is 1.71 bits per heavy atom. The Morgan fingerprint density at radius 3 is 2.39 bits per heavy atom. The third-order valence-corrected chi connectivity index (χ3v) is 9.32. The van der Waals surface area contributed by atoms with Crippen LogP contribution in [0.4, 0.5) is 0 Å².